The first-order valence-electron chi connectivity index (χ1n) is 7.30. The van der Waals surface area contributed by atoms with Gasteiger partial charge >= 0.3 is 0 Å². The van der Waals surface area contributed by atoms with Crippen LogP contribution in [0.2, 0.25) is 0 Å². The molecular weight excluding hydrogens is 270 g/mol. The lowest BCUT2D eigenvalue weighted by Crippen LogP contribution is -2.29. The normalized spacial score (nSPS) is 13.8. The molecule has 1 atom stereocenters. The maximum atomic E-state index is 12.4. The molecule has 1 aromatic carbocycles. The van der Waals surface area contributed by atoms with Crippen molar-refractivity contribution in [3.05, 3.63) is 23.8 Å². The summed E-state index contributed by atoms with van der Waals surface area (Å²) in [5.74, 6) is 0.856. The number of benzene rings is 1. The monoisotopic (exact) mass is 291 g/mol. The zero-order valence-corrected chi connectivity index (χ0v) is 12.5. The van der Waals surface area contributed by atoms with E-state index < -0.39 is 0 Å². The minimum Gasteiger partial charge on any atom is -0.454 e. The van der Waals surface area contributed by atoms with Crippen LogP contribution >= 0.6 is 0 Å². The van der Waals surface area contributed by atoms with E-state index in [2.05, 4.69) is 12.2 Å². The van der Waals surface area contributed by atoms with Gasteiger partial charge in [0.25, 0.3) is 0 Å². The maximum absolute atomic E-state index is 12.4. The Morgan fingerprint density at radius 3 is 2.76 bits per heavy atom. The first-order valence-corrected chi connectivity index (χ1v) is 7.30. The Morgan fingerprint density at radius 2 is 2.05 bits per heavy atom. The average molecular weight is 291 g/mol. The smallest absolute Gasteiger partial charge is 0.231 e. The second-order valence-corrected chi connectivity index (χ2v) is 5.15. The number of rotatable bonds is 7. The van der Waals surface area contributed by atoms with Gasteiger partial charge in [-0.2, -0.15) is 0 Å². The Morgan fingerprint density at radius 1 is 1.29 bits per heavy atom. The van der Waals surface area contributed by atoms with Crippen molar-refractivity contribution in [2.75, 3.05) is 13.8 Å². The van der Waals surface area contributed by atoms with Gasteiger partial charge in [0.15, 0.2) is 17.3 Å². The van der Waals surface area contributed by atoms with Crippen molar-refractivity contribution in [3.63, 3.8) is 0 Å². The molecule has 0 saturated heterocycles. The summed E-state index contributed by atoms with van der Waals surface area (Å²) in [5, 5.41) is 2.64. The third-order valence-electron chi connectivity index (χ3n) is 3.65. The zero-order chi connectivity index (χ0) is 15.2. The van der Waals surface area contributed by atoms with Crippen molar-refractivity contribution in [1.82, 2.24) is 5.32 Å². The Bertz CT molecular complexity index is 527. The molecule has 2 rings (SSSR count). The molecule has 0 saturated carbocycles. The summed E-state index contributed by atoms with van der Waals surface area (Å²) in [7, 11) is 1.60. The number of nitrogens with one attached hydrogen (secondary N) is 1. The number of hydrogen-bond donors (Lipinski definition) is 1. The number of Topliss-reactive ketones (excluding diaryl/α,β-unsaturated/α-hetero) is 1. The molecule has 5 nitrogen and oxygen atoms in total. The molecule has 1 heterocycles. The minimum atomic E-state index is -0.270. The third kappa shape index (κ3) is 3.74. The molecule has 1 unspecified atom stereocenters. The highest BCUT2D eigenvalue weighted by Crippen LogP contribution is 2.33. The van der Waals surface area contributed by atoms with Crippen LogP contribution in [0.25, 0.3) is 0 Å². The van der Waals surface area contributed by atoms with Gasteiger partial charge in [0, 0.05) is 24.9 Å². The van der Waals surface area contributed by atoms with Crippen LogP contribution in [0, 0.1) is 5.92 Å². The number of ketones is 1. The predicted molar refractivity (Wildman–Crippen MR) is 78.6 cm³/mol. The number of fused-ring (bicyclic) bond motifs is 1. The van der Waals surface area contributed by atoms with E-state index in [1.165, 1.54) is 0 Å². The highest BCUT2D eigenvalue weighted by Gasteiger charge is 2.22. The molecule has 0 aromatic heterocycles. The van der Waals surface area contributed by atoms with Crippen molar-refractivity contribution in [3.8, 4) is 11.5 Å². The lowest BCUT2D eigenvalue weighted by molar-refractivity contribution is -0.124. The van der Waals surface area contributed by atoms with Crippen molar-refractivity contribution in [1.29, 1.82) is 0 Å². The largest absolute Gasteiger partial charge is 0.454 e. The van der Waals surface area contributed by atoms with E-state index >= 15 is 0 Å². The van der Waals surface area contributed by atoms with Crippen molar-refractivity contribution < 1.29 is 19.1 Å². The second-order valence-electron chi connectivity index (χ2n) is 5.15. The lowest BCUT2D eigenvalue weighted by atomic mass is 9.92. The summed E-state index contributed by atoms with van der Waals surface area (Å²) in [6.07, 6.45) is 2.89. The molecule has 1 aliphatic heterocycles. The van der Waals surface area contributed by atoms with E-state index in [1.54, 1.807) is 25.2 Å². The van der Waals surface area contributed by atoms with Gasteiger partial charge in [-0.3, -0.25) is 9.59 Å². The third-order valence-corrected chi connectivity index (χ3v) is 3.65. The van der Waals surface area contributed by atoms with E-state index in [1.807, 2.05) is 0 Å². The summed E-state index contributed by atoms with van der Waals surface area (Å²) >= 11 is 0. The Balaban J connectivity index is 2.05. The van der Waals surface area contributed by atoms with Gasteiger partial charge in [-0.25, -0.2) is 0 Å². The predicted octanol–water partition coefficient (Wildman–Crippen LogP) is 2.54. The van der Waals surface area contributed by atoms with E-state index in [4.69, 9.17) is 9.47 Å². The fraction of sp³-hybridized carbons (Fsp3) is 0.500. The number of carbonyl (C=O) groups is 2. The minimum absolute atomic E-state index is 0.0435. The molecule has 1 N–H and O–H groups in total. The summed E-state index contributed by atoms with van der Waals surface area (Å²) in [6, 6.07) is 5.14. The van der Waals surface area contributed by atoms with Crippen LogP contribution in [-0.4, -0.2) is 25.5 Å². The molecule has 1 aliphatic rings. The highest BCUT2D eigenvalue weighted by atomic mass is 16.7. The van der Waals surface area contributed by atoms with Gasteiger partial charge in [-0.1, -0.05) is 19.8 Å². The van der Waals surface area contributed by atoms with Gasteiger partial charge < -0.3 is 14.8 Å². The second kappa shape index (κ2) is 7.11. The molecule has 0 fully saturated rings. The topological polar surface area (TPSA) is 64.6 Å². The van der Waals surface area contributed by atoms with Crippen LogP contribution in [-0.2, 0) is 4.79 Å². The summed E-state index contributed by atoms with van der Waals surface area (Å²) < 4.78 is 10.5. The van der Waals surface area contributed by atoms with Crippen LogP contribution in [0.5, 0.6) is 11.5 Å². The molecule has 0 aliphatic carbocycles. The Kier molecular flexibility index (Phi) is 5.20. The Hall–Kier alpha value is -2.04. The number of ether oxygens (including phenoxy) is 2. The van der Waals surface area contributed by atoms with Gasteiger partial charge in [-0.15, -0.1) is 0 Å². The number of amides is 1. The van der Waals surface area contributed by atoms with E-state index in [0.29, 0.717) is 17.1 Å². The van der Waals surface area contributed by atoms with Crippen molar-refractivity contribution in [2.45, 2.75) is 32.6 Å². The van der Waals surface area contributed by atoms with Gasteiger partial charge in [0.2, 0.25) is 12.7 Å². The summed E-state index contributed by atoms with van der Waals surface area (Å²) in [4.78, 5) is 24.2. The standard InChI is InChI=1S/C16H21NO4/c1-3-4-5-12(16(19)17-2)8-13(18)11-6-7-14-15(9-11)21-10-20-14/h6-7,9,12H,3-5,8,10H2,1-2H3,(H,17,19). The average Bonchev–Trinajstić information content (AvgIpc) is 2.97. The van der Waals surface area contributed by atoms with Crippen LogP contribution < -0.4 is 14.8 Å². The number of hydrogen-bond acceptors (Lipinski definition) is 4. The number of unbranched alkanes of at least 4 members (excludes halogenated alkanes) is 1. The molecule has 21 heavy (non-hydrogen) atoms. The van der Waals surface area contributed by atoms with Gasteiger partial charge in [0.1, 0.15) is 0 Å². The van der Waals surface area contributed by atoms with Gasteiger partial charge in [-0.05, 0) is 24.6 Å². The van der Waals surface area contributed by atoms with Crippen LogP contribution in [0.4, 0.5) is 0 Å². The molecule has 0 radical (unpaired) electrons. The molecule has 1 amide bonds. The number of carbonyl (C=O) groups excluding carboxylic acids is 2. The summed E-state index contributed by atoms with van der Waals surface area (Å²) in [6.45, 7) is 2.25. The molecule has 0 bridgehead atoms. The lowest BCUT2D eigenvalue weighted by Gasteiger charge is -2.14. The first-order chi connectivity index (χ1) is 10.2. The van der Waals surface area contributed by atoms with Crippen molar-refractivity contribution in [2.24, 2.45) is 5.92 Å². The highest BCUT2D eigenvalue weighted by molar-refractivity contribution is 5.99. The van der Waals surface area contributed by atoms with Crippen LogP contribution in [0.1, 0.15) is 43.0 Å². The fourth-order valence-electron chi connectivity index (χ4n) is 2.39. The van der Waals surface area contributed by atoms with Crippen molar-refractivity contribution >= 4 is 11.7 Å². The maximum Gasteiger partial charge on any atom is 0.231 e. The Labute approximate surface area is 124 Å². The quantitative estimate of drug-likeness (QED) is 0.784. The van der Waals surface area contributed by atoms with Crippen LogP contribution in [0.15, 0.2) is 18.2 Å². The molecule has 1 aromatic rings. The first kappa shape index (κ1) is 15.4. The SMILES string of the molecule is CCCCC(CC(=O)c1ccc2c(c1)OCO2)C(=O)NC. The fourth-order valence-corrected chi connectivity index (χ4v) is 2.39. The van der Waals surface area contributed by atoms with E-state index in [9.17, 15) is 9.59 Å². The molecule has 0 spiro atoms. The van der Waals surface area contributed by atoms with Gasteiger partial charge in [0.05, 0.1) is 0 Å². The summed E-state index contributed by atoms with van der Waals surface area (Å²) in [5.41, 5.74) is 0.560. The van der Waals surface area contributed by atoms with E-state index in [0.717, 1.165) is 19.3 Å². The molecule has 5 heteroatoms. The zero-order valence-electron chi connectivity index (χ0n) is 12.5. The van der Waals surface area contributed by atoms with E-state index in [-0.39, 0.29) is 30.8 Å². The molecule has 114 valence electrons. The molecular formula is C16H21NO4. The van der Waals surface area contributed by atoms with Crippen LogP contribution in [0.3, 0.4) is 0 Å².